The zero-order chi connectivity index (χ0) is 18.4. The lowest BCUT2D eigenvalue weighted by atomic mass is 10.1. The van der Waals surface area contributed by atoms with Gasteiger partial charge in [-0.2, -0.15) is 0 Å². The SMILES string of the molecule is Cc1cccc(CC(=O)Nc2ccc(NCc3ccccc3F)nn2)c1. The summed E-state index contributed by atoms with van der Waals surface area (Å²) in [5, 5.41) is 13.7. The molecule has 0 unspecified atom stereocenters. The summed E-state index contributed by atoms with van der Waals surface area (Å²) < 4.78 is 13.6. The highest BCUT2D eigenvalue weighted by atomic mass is 19.1. The summed E-state index contributed by atoms with van der Waals surface area (Å²) in [5.74, 6) is 0.453. The maximum absolute atomic E-state index is 13.6. The normalized spacial score (nSPS) is 10.4. The fourth-order valence-corrected chi connectivity index (χ4v) is 2.52. The fraction of sp³-hybridized carbons (Fsp3) is 0.150. The molecule has 0 aliphatic rings. The molecule has 0 saturated carbocycles. The van der Waals surface area contributed by atoms with E-state index in [0.29, 0.717) is 23.7 Å². The molecule has 0 fully saturated rings. The molecule has 26 heavy (non-hydrogen) atoms. The minimum atomic E-state index is -0.270. The molecule has 0 aliphatic carbocycles. The zero-order valence-corrected chi connectivity index (χ0v) is 14.4. The highest BCUT2D eigenvalue weighted by molar-refractivity contribution is 5.91. The van der Waals surface area contributed by atoms with Crippen LogP contribution in [0.2, 0.25) is 0 Å². The molecule has 2 aromatic carbocycles. The Balaban J connectivity index is 1.54. The summed E-state index contributed by atoms with van der Waals surface area (Å²) >= 11 is 0. The number of carbonyl (C=O) groups excluding carboxylic acids is 1. The fourth-order valence-electron chi connectivity index (χ4n) is 2.52. The first-order chi connectivity index (χ1) is 12.6. The summed E-state index contributed by atoms with van der Waals surface area (Å²) in [6.45, 7) is 2.29. The molecule has 1 heterocycles. The van der Waals surface area contributed by atoms with Crippen molar-refractivity contribution in [2.75, 3.05) is 10.6 Å². The number of hydrogen-bond acceptors (Lipinski definition) is 4. The van der Waals surface area contributed by atoms with Crippen molar-refractivity contribution in [2.24, 2.45) is 0 Å². The van der Waals surface area contributed by atoms with Crippen molar-refractivity contribution in [3.63, 3.8) is 0 Å². The zero-order valence-electron chi connectivity index (χ0n) is 14.4. The van der Waals surface area contributed by atoms with Crippen molar-refractivity contribution in [2.45, 2.75) is 19.9 Å². The third-order valence-corrected chi connectivity index (χ3v) is 3.80. The second-order valence-electron chi connectivity index (χ2n) is 5.96. The molecule has 0 aliphatic heterocycles. The van der Waals surface area contributed by atoms with Gasteiger partial charge in [0, 0.05) is 12.1 Å². The Morgan fingerprint density at radius 1 is 1.00 bits per heavy atom. The van der Waals surface area contributed by atoms with Gasteiger partial charge in [0.15, 0.2) is 5.82 Å². The molecule has 0 saturated heterocycles. The van der Waals surface area contributed by atoms with Crippen LogP contribution in [0.15, 0.2) is 60.7 Å². The van der Waals surface area contributed by atoms with Crippen LogP contribution in [0.3, 0.4) is 0 Å². The van der Waals surface area contributed by atoms with E-state index in [1.807, 2.05) is 31.2 Å². The number of rotatable bonds is 6. The Bertz CT molecular complexity index is 896. The molecule has 0 atom stereocenters. The summed E-state index contributed by atoms with van der Waals surface area (Å²) in [7, 11) is 0. The van der Waals surface area contributed by atoms with Gasteiger partial charge in [0.25, 0.3) is 0 Å². The lowest BCUT2D eigenvalue weighted by molar-refractivity contribution is -0.115. The highest BCUT2D eigenvalue weighted by Gasteiger charge is 2.06. The summed E-state index contributed by atoms with van der Waals surface area (Å²) in [6.07, 6.45) is 0.274. The average molecular weight is 350 g/mol. The number of anilines is 2. The first kappa shape index (κ1) is 17.5. The number of nitrogens with zero attached hydrogens (tertiary/aromatic N) is 2. The second-order valence-corrected chi connectivity index (χ2v) is 5.96. The lowest BCUT2D eigenvalue weighted by Crippen LogP contribution is -2.16. The van der Waals surface area contributed by atoms with E-state index in [-0.39, 0.29) is 18.1 Å². The van der Waals surface area contributed by atoms with Crippen molar-refractivity contribution >= 4 is 17.5 Å². The third-order valence-electron chi connectivity index (χ3n) is 3.80. The maximum Gasteiger partial charge on any atom is 0.229 e. The van der Waals surface area contributed by atoms with Gasteiger partial charge >= 0.3 is 0 Å². The van der Waals surface area contributed by atoms with E-state index < -0.39 is 0 Å². The topological polar surface area (TPSA) is 66.9 Å². The molecule has 0 bridgehead atoms. The van der Waals surface area contributed by atoms with Gasteiger partial charge in [-0.25, -0.2) is 4.39 Å². The van der Waals surface area contributed by atoms with Gasteiger partial charge in [0.1, 0.15) is 11.6 Å². The van der Waals surface area contributed by atoms with Crippen molar-refractivity contribution in [1.82, 2.24) is 10.2 Å². The molecule has 3 rings (SSSR count). The molecule has 3 aromatic rings. The minimum Gasteiger partial charge on any atom is -0.364 e. The van der Waals surface area contributed by atoms with Crippen LogP contribution in [0.5, 0.6) is 0 Å². The average Bonchev–Trinajstić information content (AvgIpc) is 2.62. The number of aryl methyl sites for hydroxylation is 1. The summed E-state index contributed by atoms with van der Waals surface area (Å²) in [6, 6.07) is 17.7. The molecule has 5 nitrogen and oxygen atoms in total. The predicted molar refractivity (Wildman–Crippen MR) is 99.3 cm³/mol. The molecular weight excluding hydrogens is 331 g/mol. The number of benzene rings is 2. The monoisotopic (exact) mass is 350 g/mol. The maximum atomic E-state index is 13.6. The van der Waals surface area contributed by atoms with Crippen molar-refractivity contribution < 1.29 is 9.18 Å². The Labute approximate surface area is 151 Å². The van der Waals surface area contributed by atoms with E-state index in [0.717, 1.165) is 11.1 Å². The van der Waals surface area contributed by atoms with Crippen molar-refractivity contribution in [1.29, 1.82) is 0 Å². The van der Waals surface area contributed by atoms with Crippen LogP contribution >= 0.6 is 0 Å². The van der Waals surface area contributed by atoms with Crippen LogP contribution in [0.25, 0.3) is 0 Å². The molecule has 6 heteroatoms. The third kappa shape index (κ3) is 4.86. The number of aromatic nitrogens is 2. The molecule has 2 N–H and O–H groups in total. The van der Waals surface area contributed by atoms with E-state index in [1.165, 1.54) is 6.07 Å². The van der Waals surface area contributed by atoms with Crippen LogP contribution < -0.4 is 10.6 Å². The van der Waals surface area contributed by atoms with E-state index in [9.17, 15) is 9.18 Å². The van der Waals surface area contributed by atoms with Gasteiger partial charge in [-0.1, -0.05) is 48.0 Å². The Kier molecular flexibility index (Phi) is 5.53. The molecule has 0 radical (unpaired) electrons. The van der Waals surface area contributed by atoms with Crippen LogP contribution in [-0.4, -0.2) is 16.1 Å². The molecule has 1 amide bonds. The Hall–Kier alpha value is -3.28. The standard InChI is InChI=1S/C20H19FN4O/c1-14-5-4-6-15(11-14)12-20(26)23-19-10-9-18(24-25-19)22-13-16-7-2-3-8-17(16)21/h2-11H,12-13H2,1H3,(H,22,24)(H,23,25,26). The first-order valence-electron chi connectivity index (χ1n) is 8.26. The highest BCUT2D eigenvalue weighted by Crippen LogP contribution is 2.11. The Morgan fingerprint density at radius 3 is 2.50 bits per heavy atom. The van der Waals surface area contributed by atoms with Crippen molar-refractivity contribution in [3.8, 4) is 0 Å². The van der Waals surface area contributed by atoms with Gasteiger partial charge < -0.3 is 10.6 Å². The van der Waals surface area contributed by atoms with Crippen LogP contribution in [0, 0.1) is 12.7 Å². The van der Waals surface area contributed by atoms with Crippen molar-refractivity contribution in [3.05, 3.63) is 83.2 Å². The number of amides is 1. The minimum absolute atomic E-state index is 0.156. The van der Waals surface area contributed by atoms with Gasteiger partial charge in [-0.3, -0.25) is 4.79 Å². The lowest BCUT2D eigenvalue weighted by Gasteiger charge is -2.08. The quantitative estimate of drug-likeness (QED) is 0.711. The number of nitrogens with one attached hydrogen (secondary N) is 2. The van der Waals surface area contributed by atoms with Gasteiger partial charge in [0.2, 0.25) is 5.91 Å². The van der Waals surface area contributed by atoms with Crippen LogP contribution in [0.4, 0.5) is 16.0 Å². The predicted octanol–water partition coefficient (Wildman–Crippen LogP) is 3.72. The largest absolute Gasteiger partial charge is 0.364 e. The smallest absolute Gasteiger partial charge is 0.229 e. The summed E-state index contributed by atoms with van der Waals surface area (Å²) in [5.41, 5.74) is 2.60. The van der Waals surface area contributed by atoms with E-state index in [1.54, 1.807) is 30.3 Å². The number of hydrogen-bond donors (Lipinski definition) is 2. The van der Waals surface area contributed by atoms with E-state index in [4.69, 9.17) is 0 Å². The van der Waals surface area contributed by atoms with Gasteiger partial charge in [0.05, 0.1) is 6.42 Å². The molecule has 132 valence electrons. The van der Waals surface area contributed by atoms with Crippen LogP contribution in [0.1, 0.15) is 16.7 Å². The Morgan fingerprint density at radius 2 is 1.77 bits per heavy atom. The second kappa shape index (κ2) is 8.20. The number of carbonyl (C=O) groups is 1. The molecule has 1 aromatic heterocycles. The van der Waals surface area contributed by atoms with E-state index in [2.05, 4.69) is 20.8 Å². The molecular formula is C20H19FN4O. The summed E-state index contributed by atoms with van der Waals surface area (Å²) in [4.78, 5) is 12.1. The van der Waals surface area contributed by atoms with E-state index >= 15 is 0 Å². The molecule has 0 spiro atoms. The number of halogens is 1. The van der Waals surface area contributed by atoms with Gasteiger partial charge in [-0.15, -0.1) is 10.2 Å². The first-order valence-corrected chi connectivity index (χ1v) is 8.26. The van der Waals surface area contributed by atoms with Gasteiger partial charge in [-0.05, 0) is 30.7 Å². The van der Waals surface area contributed by atoms with Crippen LogP contribution in [-0.2, 0) is 17.8 Å².